The molecule has 1 heterocycles. The van der Waals surface area contributed by atoms with E-state index >= 15 is 0 Å². The Morgan fingerprint density at radius 1 is 1.00 bits per heavy atom. The third kappa shape index (κ3) is 1.64. The summed E-state index contributed by atoms with van der Waals surface area (Å²) in [5.41, 5.74) is 1.14. The van der Waals surface area contributed by atoms with E-state index in [1.54, 1.807) is 12.2 Å². The fraction of sp³-hybridized carbons (Fsp3) is 0. The van der Waals surface area contributed by atoms with Gasteiger partial charge in [-0.15, -0.1) is 0 Å². The molecule has 2 aromatic rings. The molecular formula is C14H13N. The summed E-state index contributed by atoms with van der Waals surface area (Å²) in [5, 5.41) is 3.46. The van der Waals surface area contributed by atoms with Gasteiger partial charge in [0, 0.05) is 21.5 Å². The Kier molecular flexibility index (Phi) is 2.55. The van der Waals surface area contributed by atoms with E-state index in [2.05, 4.69) is 30.3 Å². The summed E-state index contributed by atoms with van der Waals surface area (Å²) in [4.78, 5) is 3.34. The Morgan fingerprint density at radius 2 is 1.73 bits per heavy atom. The predicted octanol–water partition coefficient (Wildman–Crippen LogP) is 2.10. The van der Waals surface area contributed by atoms with Crippen molar-refractivity contribution < 1.29 is 0 Å². The molecule has 2 rings (SSSR count). The molecule has 0 amide bonds. The summed E-state index contributed by atoms with van der Waals surface area (Å²) >= 11 is 0. The topological polar surface area (TPSA) is 15.8 Å². The lowest BCUT2D eigenvalue weighted by Crippen LogP contribution is -2.21. The fourth-order valence-electron chi connectivity index (χ4n) is 1.73. The van der Waals surface area contributed by atoms with Crippen molar-refractivity contribution >= 4 is 23.1 Å². The molecule has 0 spiro atoms. The smallest absolute Gasteiger partial charge is 0.0464 e. The maximum Gasteiger partial charge on any atom is 0.0464 e. The Hall–Kier alpha value is -2.02. The van der Waals surface area contributed by atoms with Crippen molar-refractivity contribution in [2.75, 3.05) is 0 Å². The van der Waals surface area contributed by atoms with E-state index < -0.39 is 0 Å². The summed E-state index contributed by atoms with van der Waals surface area (Å²) in [6, 6.07) is 8.22. The van der Waals surface area contributed by atoms with Crippen LogP contribution in [0, 0.1) is 0 Å². The first-order chi connectivity index (χ1) is 7.36. The number of allylic oxidation sites excluding steroid dienone is 2. The molecule has 0 saturated heterocycles. The van der Waals surface area contributed by atoms with Crippen LogP contribution in [-0.4, -0.2) is 4.98 Å². The van der Waals surface area contributed by atoms with Crippen molar-refractivity contribution in [1.82, 2.24) is 4.98 Å². The number of aromatic amines is 1. The van der Waals surface area contributed by atoms with Crippen LogP contribution >= 0.6 is 0 Å². The first-order valence-corrected chi connectivity index (χ1v) is 4.89. The van der Waals surface area contributed by atoms with E-state index in [-0.39, 0.29) is 0 Å². The van der Waals surface area contributed by atoms with Gasteiger partial charge < -0.3 is 4.98 Å². The summed E-state index contributed by atoms with van der Waals surface area (Å²) in [6.07, 6.45) is 7.56. The average molecular weight is 195 g/mol. The van der Waals surface area contributed by atoms with Crippen LogP contribution in [0.4, 0.5) is 0 Å². The van der Waals surface area contributed by atoms with E-state index in [1.165, 1.54) is 10.6 Å². The number of aromatic nitrogens is 1. The van der Waals surface area contributed by atoms with Crippen molar-refractivity contribution in [2.45, 2.75) is 0 Å². The minimum absolute atomic E-state index is 1.08. The SMILES string of the molecule is C=C/C=c1\c(=C/C=C)[nH]c2ccccc12. The van der Waals surface area contributed by atoms with Crippen LogP contribution in [0.1, 0.15) is 0 Å². The van der Waals surface area contributed by atoms with Crippen LogP contribution in [0.15, 0.2) is 49.6 Å². The standard InChI is InChI=1S/C14H13N/c1-3-7-11-12-9-5-6-10-14(12)15-13(11)8-4-2/h3-10,15H,1-2H2/b11-7-,13-8+. The second-order valence-corrected chi connectivity index (χ2v) is 3.30. The van der Waals surface area contributed by atoms with Crippen LogP contribution in [0.5, 0.6) is 0 Å². The van der Waals surface area contributed by atoms with Crippen LogP contribution in [-0.2, 0) is 0 Å². The summed E-state index contributed by atoms with van der Waals surface area (Å²) in [6.45, 7) is 7.45. The van der Waals surface area contributed by atoms with Crippen LogP contribution in [0.2, 0.25) is 0 Å². The molecule has 1 nitrogen and oxygen atoms in total. The Balaban J connectivity index is 3.00. The lowest BCUT2D eigenvalue weighted by molar-refractivity contribution is 1.36. The molecule has 0 aliphatic carbocycles. The lowest BCUT2D eigenvalue weighted by atomic mass is 10.2. The molecular weight excluding hydrogens is 182 g/mol. The van der Waals surface area contributed by atoms with Gasteiger partial charge in [-0.1, -0.05) is 49.6 Å². The third-order valence-electron chi connectivity index (χ3n) is 2.35. The molecule has 0 radical (unpaired) electrons. The van der Waals surface area contributed by atoms with E-state index in [1.807, 2.05) is 24.3 Å². The number of hydrogen-bond donors (Lipinski definition) is 1. The van der Waals surface area contributed by atoms with Gasteiger partial charge in [0.25, 0.3) is 0 Å². The Bertz CT molecular complexity index is 614. The normalized spacial score (nSPS) is 13.3. The third-order valence-corrected chi connectivity index (χ3v) is 2.35. The molecule has 1 heteroatoms. The number of benzene rings is 1. The van der Waals surface area contributed by atoms with Gasteiger partial charge in [0.2, 0.25) is 0 Å². The summed E-state index contributed by atoms with van der Waals surface area (Å²) < 4.78 is 0. The largest absolute Gasteiger partial charge is 0.355 e. The summed E-state index contributed by atoms with van der Waals surface area (Å²) in [7, 11) is 0. The van der Waals surface area contributed by atoms with Crippen molar-refractivity contribution in [3.05, 3.63) is 60.1 Å². The molecule has 0 aliphatic heterocycles. The lowest BCUT2D eigenvalue weighted by Gasteiger charge is -1.85. The van der Waals surface area contributed by atoms with Gasteiger partial charge in [0.15, 0.2) is 0 Å². The number of fused-ring (bicyclic) bond motifs is 1. The Labute approximate surface area is 88.8 Å². The highest BCUT2D eigenvalue weighted by Gasteiger charge is 1.96. The van der Waals surface area contributed by atoms with Crippen molar-refractivity contribution in [2.24, 2.45) is 0 Å². The van der Waals surface area contributed by atoms with Gasteiger partial charge in [-0.25, -0.2) is 0 Å². The molecule has 15 heavy (non-hydrogen) atoms. The molecule has 74 valence electrons. The van der Waals surface area contributed by atoms with Gasteiger partial charge in [-0.2, -0.15) is 0 Å². The van der Waals surface area contributed by atoms with Gasteiger partial charge in [0.05, 0.1) is 0 Å². The number of H-pyrrole nitrogens is 1. The average Bonchev–Trinajstić information content (AvgIpc) is 2.59. The van der Waals surface area contributed by atoms with Gasteiger partial charge in [-0.3, -0.25) is 0 Å². The number of hydrogen-bond acceptors (Lipinski definition) is 0. The maximum absolute atomic E-state index is 3.73. The Morgan fingerprint density at radius 3 is 2.47 bits per heavy atom. The van der Waals surface area contributed by atoms with Crippen molar-refractivity contribution in [1.29, 1.82) is 0 Å². The minimum atomic E-state index is 1.08. The monoisotopic (exact) mass is 195 g/mol. The molecule has 1 aromatic carbocycles. The van der Waals surface area contributed by atoms with Crippen LogP contribution < -0.4 is 10.6 Å². The highest BCUT2D eigenvalue weighted by molar-refractivity contribution is 5.81. The highest BCUT2D eigenvalue weighted by atomic mass is 14.7. The molecule has 0 aliphatic rings. The molecule has 1 N–H and O–H groups in total. The first kappa shape index (κ1) is 9.53. The highest BCUT2D eigenvalue weighted by Crippen LogP contribution is 2.03. The van der Waals surface area contributed by atoms with Crippen molar-refractivity contribution in [3.8, 4) is 0 Å². The maximum atomic E-state index is 3.73. The molecule has 0 fully saturated rings. The zero-order chi connectivity index (χ0) is 10.7. The second kappa shape index (κ2) is 4.01. The minimum Gasteiger partial charge on any atom is -0.355 e. The van der Waals surface area contributed by atoms with E-state index in [0.29, 0.717) is 0 Å². The fourth-order valence-corrected chi connectivity index (χ4v) is 1.73. The van der Waals surface area contributed by atoms with Gasteiger partial charge >= 0.3 is 0 Å². The predicted molar refractivity (Wildman–Crippen MR) is 66.9 cm³/mol. The molecule has 0 unspecified atom stereocenters. The van der Waals surface area contributed by atoms with E-state index in [4.69, 9.17) is 0 Å². The molecule has 0 bridgehead atoms. The van der Waals surface area contributed by atoms with Crippen molar-refractivity contribution in [3.63, 3.8) is 0 Å². The van der Waals surface area contributed by atoms with E-state index in [0.717, 1.165) is 10.9 Å². The van der Waals surface area contributed by atoms with E-state index in [9.17, 15) is 0 Å². The summed E-state index contributed by atoms with van der Waals surface area (Å²) in [5.74, 6) is 0. The molecule has 0 atom stereocenters. The zero-order valence-corrected chi connectivity index (χ0v) is 8.53. The first-order valence-electron chi connectivity index (χ1n) is 4.89. The number of rotatable bonds is 2. The zero-order valence-electron chi connectivity index (χ0n) is 8.53. The van der Waals surface area contributed by atoms with Crippen LogP contribution in [0.3, 0.4) is 0 Å². The van der Waals surface area contributed by atoms with Crippen LogP contribution in [0.25, 0.3) is 23.1 Å². The van der Waals surface area contributed by atoms with Gasteiger partial charge in [-0.05, 0) is 12.1 Å². The number of para-hydroxylation sites is 1. The van der Waals surface area contributed by atoms with Gasteiger partial charge in [0.1, 0.15) is 0 Å². The molecule has 0 saturated carbocycles. The molecule has 1 aromatic heterocycles. The number of nitrogens with one attached hydrogen (secondary N) is 1. The quantitative estimate of drug-likeness (QED) is 0.755. The second-order valence-electron chi connectivity index (χ2n) is 3.30.